The molecule has 1 aliphatic rings. The van der Waals surface area contributed by atoms with Gasteiger partial charge >= 0.3 is 0 Å². The third kappa shape index (κ3) is 5.39. The molecule has 0 bridgehead atoms. The minimum absolute atomic E-state index is 0.197. The van der Waals surface area contributed by atoms with Gasteiger partial charge in [0.2, 0.25) is 5.91 Å². The highest BCUT2D eigenvalue weighted by molar-refractivity contribution is 9.10. The fourth-order valence-electron chi connectivity index (χ4n) is 2.38. The maximum Gasteiger partial charge on any atom is 0.260 e. The highest BCUT2D eigenvalue weighted by atomic mass is 79.9. The number of nitrogens with zero attached hydrogens (tertiary/aromatic N) is 1. The van der Waals surface area contributed by atoms with Gasteiger partial charge in [-0.1, -0.05) is 27.5 Å². The van der Waals surface area contributed by atoms with Crippen molar-refractivity contribution in [3.05, 3.63) is 27.7 Å². The molecule has 1 fully saturated rings. The number of carbonyl (C=O) groups is 2. The summed E-state index contributed by atoms with van der Waals surface area (Å²) < 4.78 is 6.43. The van der Waals surface area contributed by atoms with Gasteiger partial charge < -0.3 is 15.0 Å². The van der Waals surface area contributed by atoms with E-state index >= 15 is 0 Å². The van der Waals surface area contributed by atoms with Crippen molar-refractivity contribution in [2.24, 2.45) is 0 Å². The molecule has 0 saturated carbocycles. The first-order valence-electron chi connectivity index (χ1n) is 7.64. The van der Waals surface area contributed by atoms with Crippen LogP contribution in [0.3, 0.4) is 0 Å². The molecule has 23 heavy (non-hydrogen) atoms. The van der Waals surface area contributed by atoms with E-state index < -0.39 is 6.10 Å². The zero-order chi connectivity index (χ0) is 16.8. The van der Waals surface area contributed by atoms with Gasteiger partial charge in [-0.2, -0.15) is 0 Å². The summed E-state index contributed by atoms with van der Waals surface area (Å²) in [6.45, 7) is 3.71. The molecule has 7 heteroatoms. The molecule has 0 aromatic heterocycles. The van der Waals surface area contributed by atoms with Gasteiger partial charge in [0.15, 0.2) is 6.10 Å². The van der Waals surface area contributed by atoms with E-state index in [1.54, 1.807) is 25.1 Å². The van der Waals surface area contributed by atoms with Gasteiger partial charge in [0, 0.05) is 30.5 Å². The molecule has 1 saturated heterocycles. The van der Waals surface area contributed by atoms with Crippen LogP contribution in [0.15, 0.2) is 22.7 Å². The van der Waals surface area contributed by atoms with E-state index in [-0.39, 0.29) is 11.8 Å². The Morgan fingerprint density at radius 1 is 1.52 bits per heavy atom. The molecule has 5 nitrogen and oxygen atoms in total. The summed E-state index contributed by atoms with van der Waals surface area (Å²) >= 11 is 9.39. The molecule has 0 aliphatic carbocycles. The normalized spacial score (nSPS) is 15.6. The van der Waals surface area contributed by atoms with Crippen LogP contribution in [0.2, 0.25) is 5.02 Å². The Hall–Kier alpha value is -1.27. The summed E-state index contributed by atoms with van der Waals surface area (Å²) in [4.78, 5) is 25.3. The SMILES string of the molecule is C[C@@H](Oc1ccc(Br)cc1Cl)C(=O)NCCCN1CCCC1=O. The molecule has 0 spiro atoms. The van der Waals surface area contributed by atoms with Gasteiger partial charge in [0.1, 0.15) is 5.75 Å². The predicted octanol–water partition coefficient (Wildman–Crippen LogP) is 3.00. The van der Waals surface area contributed by atoms with Crippen LogP contribution in [-0.4, -0.2) is 42.5 Å². The molecule has 1 aliphatic heterocycles. The van der Waals surface area contributed by atoms with Crippen molar-refractivity contribution in [2.75, 3.05) is 19.6 Å². The summed E-state index contributed by atoms with van der Waals surface area (Å²) in [6.07, 6.45) is 1.68. The summed E-state index contributed by atoms with van der Waals surface area (Å²) in [5.41, 5.74) is 0. The Labute approximate surface area is 149 Å². The minimum atomic E-state index is -0.637. The lowest BCUT2D eigenvalue weighted by Crippen LogP contribution is -2.38. The zero-order valence-electron chi connectivity index (χ0n) is 13.0. The predicted molar refractivity (Wildman–Crippen MR) is 92.7 cm³/mol. The second kappa shape index (κ2) is 8.55. The van der Waals surface area contributed by atoms with Crippen LogP contribution in [0.5, 0.6) is 5.75 Å². The van der Waals surface area contributed by atoms with Crippen LogP contribution in [0.25, 0.3) is 0 Å². The fraction of sp³-hybridized carbons (Fsp3) is 0.500. The van der Waals surface area contributed by atoms with E-state index in [0.717, 1.165) is 23.9 Å². The van der Waals surface area contributed by atoms with Crippen LogP contribution in [0.4, 0.5) is 0 Å². The van der Waals surface area contributed by atoms with Gasteiger partial charge in [-0.05, 0) is 38.0 Å². The smallest absolute Gasteiger partial charge is 0.260 e. The van der Waals surface area contributed by atoms with Crippen molar-refractivity contribution >= 4 is 39.3 Å². The van der Waals surface area contributed by atoms with E-state index in [1.807, 2.05) is 4.90 Å². The van der Waals surface area contributed by atoms with E-state index in [1.165, 1.54) is 0 Å². The van der Waals surface area contributed by atoms with Crippen molar-refractivity contribution in [1.82, 2.24) is 10.2 Å². The van der Waals surface area contributed by atoms with E-state index in [2.05, 4.69) is 21.2 Å². The Balaban J connectivity index is 1.71. The van der Waals surface area contributed by atoms with E-state index in [0.29, 0.717) is 30.3 Å². The van der Waals surface area contributed by atoms with Gasteiger partial charge in [0.05, 0.1) is 5.02 Å². The number of rotatable bonds is 7. The first-order chi connectivity index (χ1) is 11.0. The molecule has 1 aromatic rings. The van der Waals surface area contributed by atoms with E-state index in [9.17, 15) is 9.59 Å². The first kappa shape index (κ1) is 18.1. The minimum Gasteiger partial charge on any atom is -0.479 e. The molecule has 1 aromatic carbocycles. The Bertz CT molecular complexity index is 582. The maximum absolute atomic E-state index is 12.0. The van der Waals surface area contributed by atoms with Crippen molar-refractivity contribution < 1.29 is 14.3 Å². The first-order valence-corrected chi connectivity index (χ1v) is 8.81. The highest BCUT2D eigenvalue weighted by Gasteiger charge is 2.20. The maximum atomic E-state index is 12.0. The monoisotopic (exact) mass is 402 g/mol. The number of hydrogen-bond donors (Lipinski definition) is 1. The lowest BCUT2D eigenvalue weighted by molar-refractivity contribution is -0.127. The largest absolute Gasteiger partial charge is 0.479 e. The number of ether oxygens (including phenoxy) is 1. The van der Waals surface area contributed by atoms with Gasteiger partial charge in [-0.25, -0.2) is 0 Å². The zero-order valence-corrected chi connectivity index (χ0v) is 15.3. The summed E-state index contributed by atoms with van der Waals surface area (Å²) in [7, 11) is 0. The van der Waals surface area contributed by atoms with Crippen molar-refractivity contribution in [3.8, 4) is 5.75 Å². The van der Waals surface area contributed by atoms with Crippen LogP contribution in [0, 0.1) is 0 Å². The molecule has 2 amide bonds. The summed E-state index contributed by atoms with van der Waals surface area (Å²) in [6, 6.07) is 5.24. The van der Waals surface area contributed by atoms with Crippen molar-refractivity contribution in [2.45, 2.75) is 32.3 Å². The van der Waals surface area contributed by atoms with Gasteiger partial charge in [0.25, 0.3) is 5.91 Å². The third-order valence-corrected chi connectivity index (χ3v) is 4.43. The van der Waals surface area contributed by atoms with Crippen LogP contribution < -0.4 is 10.1 Å². The molecule has 1 heterocycles. The average Bonchev–Trinajstić information content (AvgIpc) is 2.91. The molecule has 126 valence electrons. The number of nitrogens with one attached hydrogen (secondary N) is 1. The Kier molecular flexibility index (Phi) is 6.72. The summed E-state index contributed by atoms with van der Waals surface area (Å²) in [5.74, 6) is 0.481. The van der Waals surface area contributed by atoms with Crippen molar-refractivity contribution in [1.29, 1.82) is 0 Å². The van der Waals surface area contributed by atoms with E-state index in [4.69, 9.17) is 16.3 Å². The molecule has 0 radical (unpaired) electrons. The third-order valence-electron chi connectivity index (χ3n) is 3.64. The average molecular weight is 404 g/mol. The van der Waals surface area contributed by atoms with Gasteiger partial charge in [-0.15, -0.1) is 0 Å². The lowest BCUT2D eigenvalue weighted by Gasteiger charge is -2.17. The van der Waals surface area contributed by atoms with Crippen LogP contribution in [-0.2, 0) is 9.59 Å². The topological polar surface area (TPSA) is 58.6 Å². The lowest BCUT2D eigenvalue weighted by atomic mass is 10.3. The fourth-order valence-corrected chi connectivity index (χ4v) is 3.10. The standard InChI is InChI=1S/C16H20BrClN2O3/c1-11(23-14-6-5-12(17)10-13(14)18)16(22)19-7-3-9-20-8-2-4-15(20)21/h5-6,10-11H,2-4,7-9H2,1H3,(H,19,22)/t11-/m1/s1. The molecule has 1 atom stereocenters. The molecule has 2 rings (SSSR count). The van der Waals surface area contributed by atoms with Crippen LogP contribution >= 0.6 is 27.5 Å². The second-order valence-corrected chi connectivity index (χ2v) is 6.79. The quantitative estimate of drug-likeness (QED) is 0.712. The molecule has 0 unspecified atom stereocenters. The van der Waals surface area contributed by atoms with Crippen LogP contribution in [0.1, 0.15) is 26.2 Å². The molecule has 1 N–H and O–H groups in total. The second-order valence-electron chi connectivity index (χ2n) is 5.46. The number of likely N-dealkylation sites (tertiary alicyclic amines) is 1. The number of carbonyl (C=O) groups excluding carboxylic acids is 2. The molecular formula is C16H20BrClN2O3. The number of amides is 2. The Morgan fingerprint density at radius 3 is 2.96 bits per heavy atom. The number of hydrogen-bond acceptors (Lipinski definition) is 3. The summed E-state index contributed by atoms with van der Waals surface area (Å²) in [5, 5.41) is 3.27. The van der Waals surface area contributed by atoms with Crippen molar-refractivity contribution in [3.63, 3.8) is 0 Å². The molecular weight excluding hydrogens is 384 g/mol. The van der Waals surface area contributed by atoms with Gasteiger partial charge in [-0.3, -0.25) is 9.59 Å². The number of halogens is 2. The number of benzene rings is 1. The Morgan fingerprint density at radius 2 is 2.30 bits per heavy atom. The highest BCUT2D eigenvalue weighted by Crippen LogP contribution is 2.28.